The lowest BCUT2D eigenvalue weighted by atomic mass is 10.0. The third kappa shape index (κ3) is 2.61. The number of hydrogen-bond acceptors (Lipinski definition) is 1. The van der Waals surface area contributed by atoms with Crippen LogP contribution in [0.5, 0.6) is 0 Å². The molecule has 2 aromatic carbocycles. The highest BCUT2D eigenvalue weighted by Crippen LogP contribution is 2.28. The molecule has 4 aromatic rings. The van der Waals surface area contributed by atoms with Crippen LogP contribution in [0.1, 0.15) is 16.7 Å². The molecule has 0 aliphatic heterocycles. The zero-order valence-electron chi connectivity index (χ0n) is 14.2. The number of benzene rings is 2. The summed E-state index contributed by atoms with van der Waals surface area (Å²) in [5.74, 6) is 0. The Labute approximate surface area is 142 Å². The zero-order valence-corrected chi connectivity index (χ0v) is 14.2. The first kappa shape index (κ1) is 14.7. The minimum Gasteiger partial charge on any atom is -0.324 e. The van der Waals surface area contributed by atoms with E-state index in [0.717, 1.165) is 16.9 Å². The third-order valence-electron chi connectivity index (χ3n) is 4.39. The predicted octanol–water partition coefficient (Wildman–Crippen LogP) is 5.62. The second-order valence-electron chi connectivity index (χ2n) is 6.50. The first-order valence-corrected chi connectivity index (χ1v) is 8.23. The molecule has 4 rings (SSSR count). The summed E-state index contributed by atoms with van der Waals surface area (Å²) in [6.07, 6.45) is 4.12. The van der Waals surface area contributed by atoms with Gasteiger partial charge >= 0.3 is 0 Å². The first-order valence-electron chi connectivity index (χ1n) is 8.23. The van der Waals surface area contributed by atoms with E-state index in [1.54, 1.807) is 0 Å². The van der Waals surface area contributed by atoms with E-state index in [2.05, 4.69) is 80.2 Å². The van der Waals surface area contributed by atoms with Gasteiger partial charge in [-0.05, 0) is 74.9 Å². The number of aromatic nitrogens is 2. The van der Waals surface area contributed by atoms with Gasteiger partial charge in [0.1, 0.15) is 0 Å². The Morgan fingerprint density at radius 1 is 0.792 bits per heavy atom. The molecule has 2 aromatic heterocycles. The number of fused-ring (bicyclic) bond motifs is 1. The molecule has 0 saturated heterocycles. The lowest BCUT2D eigenvalue weighted by molar-refractivity contribution is 1.08. The van der Waals surface area contributed by atoms with E-state index in [0.29, 0.717) is 0 Å². The molecule has 0 unspecified atom stereocenters. The molecule has 0 aliphatic rings. The highest BCUT2D eigenvalue weighted by molar-refractivity contribution is 5.85. The smallest absolute Gasteiger partial charge is 0.0739 e. The molecule has 2 nitrogen and oxygen atoms in total. The largest absolute Gasteiger partial charge is 0.324 e. The molecule has 0 N–H and O–H groups in total. The molecule has 0 fully saturated rings. The lowest BCUT2D eigenvalue weighted by Gasteiger charge is -2.11. The van der Waals surface area contributed by atoms with E-state index >= 15 is 0 Å². The van der Waals surface area contributed by atoms with E-state index in [1.807, 2.05) is 12.1 Å². The average Bonchev–Trinajstić information content (AvgIpc) is 3.07. The molecule has 2 heteroatoms. The standard InChI is InChI=1S/C22H20N2/c1-15-10-16(2)12-19(11-15)22-17(3)13-18-14-20(6-7-21(18)23-22)24-8-4-5-9-24/h4-14H,1-3H3. The van der Waals surface area contributed by atoms with Gasteiger partial charge in [0.15, 0.2) is 0 Å². The van der Waals surface area contributed by atoms with Crippen molar-refractivity contribution in [2.24, 2.45) is 0 Å². The molecule has 0 saturated carbocycles. The maximum Gasteiger partial charge on any atom is 0.0739 e. The Morgan fingerprint density at radius 3 is 2.21 bits per heavy atom. The van der Waals surface area contributed by atoms with E-state index in [4.69, 9.17) is 4.98 Å². The first-order chi connectivity index (χ1) is 11.6. The molecule has 0 aliphatic carbocycles. The number of aryl methyl sites for hydroxylation is 3. The van der Waals surface area contributed by atoms with Gasteiger partial charge in [0.25, 0.3) is 0 Å². The van der Waals surface area contributed by atoms with Gasteiger partial charge in [0.2, 0.25) is 0 Å². The Kier molecular flexibility index (Phi) is 3.46. The fourth-order valence-electron chi connectivity index (χ4n) is 3.34. The van der Waals surface area contributed by atoms with Crippen molar-refractivity contribution in [1.29, 1.82) is 0 Å². The second kappa shape index (κ2) is 5.64. The quantitative estimate of drug-likeness (QED) is 0.470. The van der Waals surface area contributed by atoms with Crippen molar-refractivity contribution in [3.63, 3.8) is 0 Å². The molecule has 0 radical (unpaired) electrons. The third-order valence-corrected chi connectivity index (χ3v) is 4.39. The van der Waals surface area contributed by atoms with Gasteiger partial charge in [-0.25, -0.2) is 4.98 Å². The van der Waals surface area contributed by atoms with E-state index in [9.17, 15) is 0 Å². The van der Waals surface area contributed by atoms with Crippen LogP contribution in [0, 0.1) is 20.8 Å². The maximum atomic E-state index is 4.94. The maximum absolute atomic E-state index is 4.94. The Hall–Kier alpha value is -2.87. The summed E-state index contributed by atoms with van der Waals surface area (Å²) in [5, 5.41) is 1.17. The van der Waals surface area contributed by atoms with Gasteiger partial charge in [0.05, 0.1) is 11.2 Å². The normalized spacial score (nSPS) is 11.1. The van der Waals surface area contributed by atoms with Crippen LogP contribution in [-0.4, -0.2) is 9.55 Å². The Bertz CT molecular complexity index is 1010. The van der Waals surface area contributed by atoms with Gasteiger partial charge in [-0.3, -0.25) is 0 Å². The van der Waals surface area contributed by atoms with Gasteiger partial charge < -0.3 is 4.57 Å². The van der Waals surface area contributed by atoms with Gasteiger partial charge in [-0.1, -0.05) is 17.2 Å². The zero-order chi connectivity index (χ0) is 16.7. The van der Waals surface area contributed by atoms with Crippen molar-refractivity contribution in [3.8, 4) is 16.9 Å². The topological polar surface area (TPSA) is 17.8 Å². The van der Waals surface area contributed by atoms with E-state index < -0.39 is 0 Å². The highest BCUT2D eigenvalue weighted by atomic mass is 14.9. The minimum absolute atomic E-state index is 1.03. The number of hydrogen-bond donors (Lipinski definition) is 0. The number of nitrogens with zero attached hydrogens (tertiary/aromatic N) is 2. The molecular weight excluding hydrogens is 292 g/mol. The van der Waals surface area contributed by atoms with Crippen LogP contribution >= 0.6 is 0 Å². The molecule has 0 spiro atoms. The average molecular weight is 312 g/mol. The van der Waals surface area contributed by atoms with Crippen molar-refractivity contribution in [1.82, 2.24) is 9.55 Å². The fourth-order valence-corrected chi connectivity index (χ4v) is 3.34. The lowest BCUT2D eigenvalue weighted by Crippen LogP contribution is -1.94. The van der Waals surface area contributed by atoms with Crippen LogP contribution in [0.15, 0.2) is 67.0 Å². The van der Waals surface area contributed by atoms with Crippen LogP contribution < -0.4 is 0 Å². The molecule has 0 amide bonds. The van der Waals surface area contributed by atoms with Crippen LogP contribution in [0.2, 0.25) is 0 Å². The number of pyridine rings is 1. The van der Waals surface area contributed by atoms with Gasteiger partial charge in [-0.15, -0.1) is 0 Å². The van der Waals surface area contributed by atoms with Crippen LogP contribution in [0.3, 0.4) is 0 Å². The highest BCUT2D eigenvalue weighted by Gasteiger charge is 2.08. The van der Waals surface area contributed by atoms with Crippen molar-refractivity contribution in [2.45, 2.75) is 20.8 Å². The fraction of sp³-hybridized carbons (Fsp3) is 0.136. The molecule has 24 heavy (non-hydrogen) atoms. The molecular formula is C22H20N2. The summed E-state index contributed by atoms with van der Waals surface area (Å²) in [6, 6.07) is 19.4. The van der Waals surface area contributed by atoms with Crippen molar-refractivity contribution in [3.05, 3.63) is 83.7 Å². The summed E-state index contributed by atoms with van der Waals surface area (Å²) in [5.41, 5.74) is 8.21. The summed E-state index contributed by atoms with van der Waals surface area (Å²) >= 11 is 0. The van der Waals surface area contributed by atoms with Crippen LogP contribution in [0.25, 0.3) is 27.8 Å². The molecule has 0 bridgehead atoms. The molecule has 118 valence electrons. The number of rotatable bonds is 2. The van der Waals surface area contributed by atoms with Gasteiger partial charge in [-0.2, -0.15) is 0 Å². The van der Waals surface area contributed by atoms with E-state index in [1.165, 1.54) is 27.6 Å². The van der Waals surface area contributed by atoms with Crippen molar-refractivity contribution in [2.75, 3.05) is 0 Å². The SMILES string of the molecule is Cc1cc(C)cc(-c2nc3ccc(-n4cccc4)cc3cc2C)c1. The monoisotopic (exact) mass is 312 g/mol. The van der Waals surface area contributed by atoms with Gasteiger partial charge in [0, 0.05) is 29.0 Å². The predicted molar refractivity (Wildman–Crippen MR) is 101 cm³/mol. The Morgan fingerprint density at radius 2 is 1.50 bits per heavy atom. The molecule has 0 atom stereocenters. The Balaban J connectivity index is 1.87. The minimum atomic E-state index is 1.03. The summed E-state index contributed by atoms with van der Waals surface area (Å²) < 4.78 is 2.12. The summed E-state index contributed by atoms with van der Waals surface area (Å²) in [4.78, 5) is 4.94. The van der Waals surface area contributed by atoms with Crippen LogP contribution in [-0.2, 0) is 0 Å². The summed E-state index contributed by atoms with van der Waals surface area (Å²) in [7, 11) is 0. The second-order valence-corrected chi connectivity index (χ2v) is 6.50. The van der Waals surface area contributed by atoms with Crippen molar-refractivity contribution < 1.29 is 0 Å². The van der Waals surface area contributed by atoms with E-state index in [-0.39, 0.29) is 0 Å². The molecule has 2 heterocycles. The van der Waals surface area contributed by atoms with Crippen molar-refractivity contribution >= 4 is 10.9 Å². The van der Waals surface area contributed by atoms with Crippen LogP contribution in [0.4, 0.5) is 0 Å². The summed E-state index contributed by atoms with van der Waals surface area (Å²) in [6.45, 7) is 6.41.